The van der Waals surface area contributed by atoms with Crippen LogP contribution in [0, 0.1) is 6.92 Å². The molecule has 0 bridgehead atoms. The summed E-state index contributed by atoms with van der Waals surface area (Å²) in [6.45, 7) is 3.74. The Hall–Kier alpha value is -1.55. The van der Waals surface area contributed by atoms with E-state index in [-0.39, 0.29) is 6.09 Å². The summed E-state index contributed by atoms with van der Waals surface area (Å²) in [5, 5.41) is 2.69. The molecule has 0 heterocycles. The maximum absolute atomic E-state index is 11.3. The molecule has 1 aromatic rings. The topological polar surface area (TPSA) is 41.6 Å². The van der Waals surface area contributed by atoms with Gasteiger partial charge in [-0.15, -0.1) is 0 Å². The van der Waals surface area contributed by atoms with Crippen LogP contribution in [-0.2, 0) is 11.3 Å². The molecule has 0 aliphatic heterocycles. The number of hydrogen-bond donors (Lipinski definition) is 1. The van der Waals surface area contributed by atoms with Crippen molar-refractivity contribution in [3.8, 4) is 0 Å². The molecule has 1 N–H and O–H groups in total. The Kier molecular flexibility index (Phi) is 5.49. The molecule has 17 heavy (non-hydrogen) atoms. The Morgan fingerprint density at radius 2 is 1.94 bits per heavy atom. The molecule has 1 rings (SSSR count). The number of nitrogens with zero attached hydrogens (tertiary/aromatic N) is 1. The van der Waals surface area contributed by atoms with Crippen LogP contribution in [0.3, 0.4) is 0 Å². The van der Waals surface area contributed by atoms with E-state index in [0.29, 0.717) is 13.2 Å². The van der Waals surface area contributed by atoms with Crippen molar-refractivity contribution in [1.82, 2.24) is 10.2 Å². The molecule has 0 saturated heterocycles. The Morgan fingerprint density at radius 1 is 1.29 bits per heavy atom. The van der Waals surface area contributed by atoms with Gasteiger partial charge in [-0.2, -0.15) is 0 Å². The summed E-state index contributed by atoms with van der Waals surface area (Å²) in [5.74, 6) is 0. The van der Waals surface area contributed by atoms with Crippen LogP contribution >= 0.6 is 0 Å². The number of nitrogens with one attached hydrogen (secondary N) is 1. The minimum Gasteiger partial charge on any atom is -0.445 e. The van der Waals surface area contributed by atoms with Gasteiger partial charge in [-0.3, -0.25) is 0 Å². The molecule has 0 spiro atoms. The van der Waals surface area contributed by atoms with E-state index in [1.54, 1.807) is 0 Å². The van der Waals surface area contributed by atoms with Gasteiger partial charge in [0.15, 0.2) is 0 Å². The van der Waals surface area contributed by atoms with E-state index in [4.69, 9.17) is 4.74 Å². The second kappa shape index (κ2) is 6.91. The van der Waals surface area contributed by atoms with Crippen molar-refractivity contribution in [2.75, 3.05) is 27.2 Å². The molecule has 0 aromatic heterocycles. The molecule has 1 aromatic carbocycles. The van der Waals surface area contributed by atoms with E-state index in [9.17, 15) is 4.79 Å². The highest BCUT2D eigenvalue weighted by molar-refractivity contribution is 5.67. The standard InChI is InChI=1S/C13H20N2O2/c1-11-4-6-12(7-5-11)10-17-13(16)14-8-9-15(2)3/h4-7H,8-10H2,1-3H3,(H,14,16). The lowest BCUT2D eigenvalue weighted by atomic mass is 10.2. The van der Waals surface area contributed by atoms with E-state index < -0.39 is 0 Å². The van der Waals surface area contributed by atoms with Crippen LogP contribution < -0.4 is 5.32 Å². The van der Waals surface area contributed by atoms with Crippen LogP contribution in [0.1, 0.15) is 11.1 Å². The molecule has 1 amide bonds. The second-order valence-electron chi connectivity index (χ2n) is 4.29. The normalized spacial score (nSPS) is 10.4. The fraction of sp³-hybridized carbons (Fsp3) is 0.462. The monoisotopic (exact) mass is 236 g/mol. The summed E-state index contributed by atoms with van der Waals surface area (Å²) < 4.78 is 5.08. The third-order valence-corrected chi connectivity index (χ3v) is 2.32. The first kappa shape index (κ1) is 13.5. The third kappa shape index (κ3) is 5.92. The highest BCUT2D eigenvalue weighted by atomic mass is 16.5. The van der Waals surface area contributed by atoms with Gasteiger partial charge < -0.3 is 15.0 Å². The zero-order valence-corrected chi connectivity index (χ0v) is 10.7. The largest absolute Gasteiger partial charge is 0.445 e. The number of alkyl carbamates (subject to hydrolysis) is 1. The summed E-state index contributed by atoms with van der Waals surface area (Å²) in [6, 6.07) is 7.93. The number of aryl methyl sites for hydroxylation is 1. The van der Waals surface area contributed by atoms with Crippen molar-refractivity contribution in [1.29, 1.82) is 0 Å². The summed E-state index contributed by atoms with van der Waals surface area (Å²) in [7, 11) is 3.92. The van der Waals surface area contributed by atoms with Gasteiger partial charge in [0.05, 0.1) is 0 Å². The molecular weight excluding hydrogens is 216 g/mol. The van der Waals surface area contributed by atoms with Gasteiger partial charge in [0, 0.05) is 13.1 Å². The molecule has 4 nitrogen and oxygen atoms in total. The highest BCUT2D eigenvalue weighted by Crippen LogP contribution is 2.04. The summed E-state index contributed by atoms with van der Waals surface area (Å²) >= 11 is 0. The van der Waals surface area contributed by atoms with Gasteiger partial charge in [-0.25, -0.2) is 4.79 Å². The number of likely N-dealkylation sites (N-methyl/N-ethyl adjacent to an activating group) is 1. The first-order chi connectivity index (χ1) is 8.08. The second-order valence-corrected chi connectivity index (χ2v) is 4.29. The summed E-state index contributed by atoms with van der Waals surface area (Å²) in [4.78, 5) is 13.3. The fourth-order valence-corrected chi connectivity index (χ4v) is 1.27. The van der Waals surface area contributed by atoms with Crippen LogP contribution in [0.5, 0.6) is 0 Å². The van der Waals surface area contributed by atoms with E-state index in [0.717, 1.165) is 12.1 Å². The fourth-order valence-electron chi connectivity index (χ4n) is 1.27. The van der Waals surface area contributed by atoms with E-state index in [2.05, 4.69) is 5.32 Å². The molecule has 0 radical (unpaired) electrons. The smallest absolute Gasteiger partial charge is 0.407 e. The van der Waals surface area contributed by atoms with Gasteiger partial charge in [0.2, 0.25) is 0 Å². The lowest BCUT2D eigenvalue weighted by molar-refractivity contribution is 0.139. The molecule has 0 aliphatic rings. The molecule has 94 valence electrons. The van der Waals surface area contributed by atoms with Crippen molar-refractivity contribution >= 4 is 6.09 Å². The number of benzene rings is 1. The summed E-state index contributed by atoms with van der Waals surface area (Å²) in [5.41, 5.74) is 2.20. The zero-order chi connectivity index (χ0) is 12.7. The minimum absolute atomic E-state index is 0.314. The van der Waals surface area contributed by atoms with Crippen molar-refractivity contribution in [2.24, 2.45) is 0 Å². The average Bonchev–Trinajstić information content (AvgIpc) is 2.28. The molecule has 0 aliphatic carbocycles. The number of amides is 1. The van der Waals surface area contributed by atoms with Crippen LogP contribution in [0.4, 0.5) is 4.79 Å². The predicted octanol–water partition coefficient (Wildman–Crippen LogP) is 1.78. The van der Waals surface area contributed by atoms with Crippen LogP contribution in [0.2, 0.25) is 0 Å². The molecule has 0 atom stereocenters. The quantitative estimate of drug-likeness (QED) is 0.847. The van der Waals surface area contributed by atoms with Crippen LogP contribution in [0.25, 0.3) is 0 Å². The molecule has 0 unspecified atom stereocenters. The average molecular weight is 236 g/mol. The van der Waals surface area contributed by atoms with Crippen molar-refractivity contribution in [2.45, 2.75) is 13.5 Å². The Labute approximate surface area is 103 Å². The van der Waals surface area contributed by atoms with Crippen molar-refractivity contribution in [3.63, 3.8) is 0 Å². The van der Waals surface area contributed by atoms with Crippen LogP contribution in [-0.4, -0.2) is 38.2 Å². The lowest BCUT2D eigenvalue weighted by Crippen LogP contribution is -2.31. The van der Waals surface area contributed by atoms with Gasteiger partial charge >= 0.3 is 6.09 Å². The van der Waals surface area contributed by atoms with Crippen molar-refractivity contribution in [3.05, 3.63) is 35.4 Å². The minimum atomic E-state index is -0.368. The zero-order valence-electron chi connectivity index (χ0n) is 10.7. The molecule has 0 fully saturated rings. The summed E-state index contributed by atoms with van der Waals surface area (Å²) in [6.07, 6.45) is -0.368. The number of carbonyl (C=O) groups is 1. The SMILES string of the molecule is Cc1ccc(COC(=O)NCCN(C)C)cc1. The Morgan fingerprint density at radius 3 is 2.53 bits per heavy atom. The first-order valence-corrected chi connectivity index (χ1v) is 5.69. The number of rotatable bonds is 5. The number of hydrogen-bond acceptors (Lipinski definition) is 3. The number of carbonyl (C=O) groups excluding carboxylic acids is 1. The number of ether oxygens (including phenoxy) is 1. The Balaban J connectivity index is 2.21. The molecule has 0 saturated carbocycles. The highest BCUT2D eigenvalue weighted by Gasteiger charge is 2.01. The molecule has 4 heteroatoms. The van der Waals surface area contributed by atoms with E-state index >= 15 is 0 Å². The van der Waals surface area contributed by atoms with E-state index in [1.807, 2.05) is 50.2 Å². The van der Waals surface area contributed by atoms with Crippen LogP contribution in [0.15, 0.2) is 24.3 Å². The van der Waals surface area contributed by atoms with Gasteiger partial charge in [0.1, 0.15) is 6.61 Å². The maximum atomic E-state index is 11.3. The first-order valence-electron chi connectivity index (χ1n) is 5.69. The van der Waals surface area contributed by atoms with E-state index in [1.165, 1.54) is 5.56 Å². The molecular formula is C13H20N2O2. The van der Waals surface area contributed by atoms with Gasteiger partial charge in [-0.05, 0) is 26.6 Å². The lowest BCUT2D eigenvalue weighted by Gasteiger charge is -2.10. The van der Waals surface area contributed by atoms with Gasteiger partial charge in [-0.1, -0.05) is 29.8 Å². The third-order valence-electron chi connectivity index (χ3n) is 2.32. The van der Waals surface area contributed by atoms with Gasteiger partial charge in [0.25, 0.3) is 0 Å². The maximum Gasteiger partial charge on any atom is 0.407 e. The Bertz CT molecular complexity index is 347. The van der Waals surface area contributed by atoms with Crippen molar-refractivity contribution < 1.29 is 9.53 Å². The predicted molar refractivity (Wildman–Crippen MR) is 67.9 cm³/mol.